The van der Waals surface area contributed by atoms with Crippen LogP contribution in [0.4, 0.5) is 0 Å². The van der Waals surface area contributed by atoms with E-state index in [0.717, 1.165) is 0 Å². The molecule has 0 saturated carbocycles. The summed E-state index contributed by atoms with van der Waals surface area (Å²) in [5, 5.41) is 5.60. The molecule has 1 N–H and O–H groups in total. The number of carbonyl (C=O) groups excluding carboxylic acids is 1. The van der Waals surface area contributed by atoms with Crippen LogP contribution in [-0.2, 0) is 11.2 Å². The normalized spacial score (nSPS) is 17.7. The molecule has 0 aliphatic carbocycles. The zero-order chi connectivity index (χ0) is 23.9. The van der Waals surface area contributed by atoms with Crippen molar-refractivity contribution in [1.82, 2.24) is 5.32 Å². The zero-order valence-electron chi connectivity index (χ0n) is 18.7. The lowest BCUT2D eigenvalue weighted by Gasteiger charge is -2.19. The molecule has 0 radical (unpaired) electrons. The Morgan fingerprint density at radius 3 is 2.86 bits per heavy atom. The Labute approximate surface area is 204 Å². The molecule has 2 aromatic carbocycles. The smallest absolute Gasteiger partial charge is 0.344 e. The number of nitrogens with one attached hydrogen (secondary N) is 1. The van der Waals surface area contributed by atoms with Crippen molar-refractivity contribution in [2.75, 3.05) is 20.4 Å². The van der Waals surface area contributed by atoms with Crippen LogP contribution in [0.1, 0.15) is 21.9 Å². The summed E-state index contributed by atoms with van der Waals surface area (Å²) >= 11 is 1.64. The fraction of sp³-hybridized carbons (Fsp3) is 0.231. The van der Waals surface area contributed by atoms with Crippen LogP contribution in [0.15, 0.2) is 63.1 Å². The highest BCUT2D eigenvalue weighted by atomic mass is 32.1. The number of hydrogen-bond acceptors (Lipinski definition) is 8. The molecule has 35 heavy (non-hydrogen) atoms. The summed E-state index contributed by atoms with van der Waals surface area (Å²) in [6.07, 6.45) is -0.275. The largest absolute Gasteiger partial charge is 0.493 e. The monoisotopic (exact) mass is 491 g/mol. The highest BCUT2D eigenvalue weighted by molar-refractivity contribution is 7.09. The zero-order valence-corrected chi connectivity index (χ0v) is 19.6. The number of hydrogen-bond donors (Lipinski definition) is 1. The lowest BCUT2D eigenvalue weighted by molar-refractivity contribution is -0.127. The summed E-state index contributed by atoms with van der Waals surface area (Å²) in [7, 11) is 1.52. The van der Waals surface area contributed by atoms with Crippen molar-refractivity contribution in [3.05, 3.63) is 80.3 Å². The second-order valence-electron chi connectivity index (χ2n) is 8.22. The van der Waals surface area contributed by atoms with Gasteiger partial charge in [-0.1, -0.05) is 18.2 Å². The van der Waals surface area contributed by atoms with E-state index in [9.17, 15) is 9.59 Å². The average molecular weight is 492 g/mol. The van der Waals surface area contributed by atoms with E-state index in [1.807, 2.05) is 29.6 Å². The number of rotatable bonds is 6. The lowest BCUT2D eigenvalue weighted by atomic mass is 9.87. The van der Waals surface area contributed by atoms with Gasteiger partial charge >= 0.3 is 5.63 Å². The van der Waals surface area contributed by atoms with E-state index in [-0.39, 0.29) is 12.7 Å². The number of ether oxygens (including phenoxy) is 4. The van der Waals surface area contributed by atoms with Crippen LogP contribution in [-0.4, -0.2) is 32.5 Å². The summed E-state index contributed by atoms with van der Waals surface area (Å²) in [6.45, 7) is 0.508. The van der Waals surface area contributed by atoms with Crippen LogP contribution >= 0.6 is 11.3 Å². The maximum atomic E-state index is 13.4. The number of fused-ring (bicyclic) bond motifs is 4. The summed E-state index contributed by atoms with van der Waals surface area (Å²) in [5.74, 6) is 0.731. The number of benzene rings is 2. The standard InChI is InChI=1S/C26H21NO7S/c1-30-18-11-14(12-19-23(18)32-13-31-19)20-21-22(16-6-2-3-7-17(16)33-26(21)29)34-24(20)25(28)27-9-8-15-5-4-10-35-15/h2-7,10-12,20,24H,8-9,13H2,1H3,(H,27,28). The average Bonchev–Trinajstić information content (AvgIpc) is 3.63. The molecule has 2 unspecified atom stereocenters. The number of para-hydroxylation sites is 1. The topological polar surface area (TPSA) is 96.2 Å². The van der Waals surface area contributed by atoms with Gasteiger partial charge < -0.3 is 28.7 Å². The van der Waals surface area contributed by atoms with Crippen LogP contribution in [0.5, 0.6) is 23.0 Å². The summed E-state index contributed by atoms with van der Waals surface area (Å²) in [4.78, 5) is 27.8. The second-order valence-corrected chi connectivity index (χ2v) is 9.25. The molecule has 0 saturated heterocycles. The molecule has 1 amide bonds. The first-order chi connectivity index (χ1) is 17.1. The predicted octanol–water partition coefficient (Wildman–Crippen LogP) is 3.84. The second kappa shape index (κ2) is 8.66. The Hall–Kier alpha value is -3.98. The maximum Gasteiger partial charge on any atom is 0.344 e. The molecule has 6 rings (SSSR count). The first-order valence-corrected chi connectivity index (χ1v) is 12.0. The SMILES string of the molecule is COc1cc(C2c3c(c4ccccc4oc3=O)OC2C(=O)NCCc2cccs2)cc2c1OCO2. The van der Waals surface area contributed by atoms with Crippen molar-refractivity contribution in [2.45, 2.75) is 18.4 Å². The quantitative estimate of drug-likeness (QED) is 0.410. The van der Waals surface area contributed by atoms with Crippen molar-refractivity contribution in [2.24, 2.45) is 0 Å². The third-order valence-corrected chi connectivity index (χ3v) is 7.14. The van der Waals surface area contributed by atoms with Crippen LogP contribution in [0.2, 0.25) is 0 Å². The molecule has 2 aliphatic rings. The van der Waals surface area contributed by atoms with Crippen molar-refractivity contribution in [3.8, 4) is 23.0 Å². The van der Waals surface area contributed by atoms with Gasteiger partial charge in [0.2, 0.25) is 12.5 Å². The number of carbonyl (C=O) groups is 1. The molecule has 8 nitrogen and oxygen atoms in total. The summed E-state index contributed by atoms with van der Waals surface area (Å²) < 4.78 is 28.4. The predicted molar refractivity (Wildman–Crippen MR) is 129 cm³/mol. The van der Waals surface area contributed by atoms with Gasteiger partial charge in [-0.2, -0.15) is 0 Å². The minimum Gasteiger partial charge on any atom is -0.493 e. The molecule has 0 spiro atoms. The Bertz CT molecular complexity index is 1480. The molecule has 2 aliphatic heterocycles. The van der Waals surface area contributed by atoms with Crippen molar-refractivity contribution in [3.63, 3.8) is 0 Å². The van der Waals surface area contributed by atoms with Gasteiger partial charge in [0, 0.05) is 11.4 Å². The number of methoxy groups -OCH3 is 1. The Balaban J connectivity index is 1.43. The fourth-order valence-electron chi connectivity index (χ4n) is 4.62. The molecule has 0 fully saturated rings. The van der Waals surface area contributed by atoms with Gasteiger partial charge in [-0.3, -0.25) is 4.79 Å². The van der Waals surface area contributed by atoms with Crippen molar-refractivity contribution < 1.29 is 28.2 Å². The van der Waals surface area contributed by atoms with E-state index < -0.39 is 17.6 Å². The molecule has 4 heterocycles. The highest BCUT2D eigenvalue weighted by Crippen LogP contribution is 2.49. The van der Waals surface area contributed by atoms with Crippen molar-refractivity contribution >= 4 is 28.2 Å². The van der Waals surface area contributed by atoms with Crippen LogP contribution < -0.4 is 29.9 Å². The summed E-state index contributed by atoms with van der Waals surface area (Å²) in [6, 6.07) is 14.6. The van der Waals surface area contributed by atoms with E-state index in [0.29, 0.717) is 58.1 Å². The van der Waals surface area contributed by atoms with Gasteiger partial charge in [-0.15, -0.1) is 11.3 Å². The van der Waals surface area contributed by atoms with Gasteiger partial charge in [0.15, 0.2) is 17.6 Å². The maximum absolute atomic E-state index is 13.4. The van der Waals surface area contributed by atoms with Crippen molar-refractivity contribution in [1.29, 1.82) is 0 Å². The van der Waals surface area contributed by atoms with Gasteiger partial charge in [0.05, 0.1) is 24.0 Å². The van der Waals surface area contributed by atoms with Gasteiger partial charge in [-0.25, -0.2) is 4.79 Å². The fourth-order valence-corrected chi connectivity index (χ4v) is 5.33. The molecular weight excluding hydrogens is 470 g/mol. The Morgan fingerprint density at radius 2 is 2.03 bits per heavy atom. The first-order valence-electron chi connectivity index (χ1n) is 11.1. The lowest BCUT2D eigenvalue weighted by Crippen LogP contribution is -2.41. The highest BCUT2D eigenvalue weighted by Gasteiger charge is 2.45. The van der Waals surface area contributed by atoms with E-state index in [4.69, 9.17) is 23.4 Å². The molecule has 178 valence electrons. The minimum atomic E-state index is -0.980. The van der Waals surface area contributed by atoms with Gasteiger partial charge in [-0.05, 0) is 47.7 Å². The van der Waals surface area contributed by atoms with E-state index >= 15 is 0 Å². The van der Waals surface area contributed by atoms with Crippen LogP contribution in [0, 0.1) is 0 Å². The molecule has 4 aromatic rings. The first kappa shape index (κ1) is 21.5. The molecular formula is C26H21NO7S. The number of amides is 1. The van der Waals surface area contributed by atoms with Crippen LogP contribution in [0.25, 0.3) is 11.0 Å². The minimum absolute atomic E-state index is 0.0618. The summed E-state index contributed by atoms with van der Waals surface area (Å²) in [5.41, 5.74) is 0.778. The molecule has 2 aromatic heterocycles. The Kier molecular flexibility index (Phi) is 5.33. The number of thiophene rings is 1. The van der Waals surface area contributed by atoms with Crippen LogP contribution in [0.3, 0.4) is 0 Å². The van der Waals surface area contributed by atoms with E-state index in [1.165, 1.54) is 12.0 Å². The van der Waals surface area contributed by atoms with Gasteiger partial charge in [0.1, 0.15) is 11.3 Å². The third kappa shape index (κ3) is 3.68. The molecule has 9 heteroatoms. The molecule has 2 atom stereocenters. The third-order valence-electron chi connectivity index (χ3n) is 6.21. The van der Waals surface area contributed by atoms with E-state index in [1.54, 1.807) is 35.6 Å². The Morgan fingerprint density at radius 1 is 1.14 bits per heavy atom. The molecule has 0 bridgehead atoms. The van der Waals surface area contributed by atoms with Gasteiger partial charge in [0.25, 0.3) is 5.91 Å². The van der Waals surface area contributed by atoms with E-state index in [2.05, 4.69) is 5.32 Å².